The van der Waals surface area contributed by atoms with E-state index in [1.165, 1.54) is 0 Å². The van der Waals surface area contributed by atoms with Gasteiger partial charge in [0.05, 0.1) is 6.54 Å². The minimum absolute atomic E-state index is 0.0393. The first-order chi connectivity index (χ1) is 8.72. The number of methoxy groups -OCH3 is 1. The molecule has 1 amide bonds. The Morgan fingerprint density at radius 3 is 3.06 bits per heavy atom. The van der Waals surface area contributed by atoms with Crippen molar-refractivity contribution in [3.05, 3.63) is 30.1 Å². The Morgan fingerprint density at radius 1 is 1.56 bits per heavy atom. The minimum atomic E-state index is 0.0393. The molecule has 1 N–H and O–H groups in total. The zero-order valence-electron chi connectivity index (χ0n) is 11.1. The van der Waals surface area contributed by atoms with Gasteiger partial charge in [0.25, 0.3) is 0 Å². The van der Waals surface area contributed by atoms with Crippen LogP contribution < -0.4 is 5.32 Å². The lowest BCUT2D eigenvalue weighted by Gasteiger charge is -2.16. The second kappa shape index (κ2) is 8.60. The summed E-state index contributed by atoms with van der Waals surface area (Å²) in [7, 11) is 3.57. The maximum atomic E-state index is 11.6. The molecule has 1 aromatic rings. The van der Waals surface area contributed by atoms with E-state index in [4.69, 9.17) is 4.74 Å². The summed E-state index contributed by atoms with van der Waals surface area (Å²) in [5.74, 6) is 0.0393. The third-order valence-electron chi connectivity index (χ3n) is 2.44. The topological polar surface area (TPSA) is 54.5 Å². The minimum Gasteiger partial charge on any atom is -0.385 e. The van der Waals surface area contributed by atoms with E-state index in [1.54, 1.807) is 13.3 Å². The highest BCUT2D eigenvalue weighted by molar-refractivity contribution is 5.77. The number of nitrogens with one attached hydrogen (secondary N) is 1. The molecule has 0 atom stereocenters. The van der Waals surface area contributed by atoms with Gasteiger partial charge < -0.3 is 10.1 Å². The van der Waals surface area contributed by atoms with Crippen LogP contribution in [0.15, 0.2) is 24.5 Å². The van der Waals surface area contributed by atoms with Crippen LogP contribution in [0.3, 0.4) is 0 Å². The normalized spacial score (nSPS) is 10.6. The summed E-state index contributed by atoms with van der Waals surface area (Å²) in [6.45, 7) is 2.44. The van der Waals surface area contributed by atoms with E-state index in [0.29, 0.717) is 19.7 Å². The van der Waals surface area contributed by atoms with E-state index in [0.717, 1.165) is 18.5 Å². The zero-order valence-corrected chi connectivity index (χ0v) is 11.1. The maximum Gasteiger partial charge on any atom is 0.234 e. The SMILES string of the molecule is COCCCNC(=O)CN(C)Cc1cccnc1. The van der Waals surface area contributed by atoms with Crippen molar-refractivity contribution in [3.63, 3.8) is 0 Å². The molecule has 0 saturated carbocycles. The average Bonchev–Trinajstić information content (AvgIpc) is 2.35. The predicted molar refractivity (Wildman–Crippen MR) is 70.1 cm³/mol. The van der Waals surface area contributed by atoms with Crippen molar-refractivity contribution in [2.24, 2.45) is 0 Å². The standard InChI is InChI=1S/C13H21N3O2/c1-16(10-12-5-3-6-14-9-12)11-13(17)15-7-4-8-18-2/h3,5-6,9H,4,7-8,10-11H2,1-2H3,(H,15,17). The Bertz CT molecular complexity index is 343. The molecule has 1 rings (SSSR count). The van der Waals surface area contributed by atoms with Crippen LogP contribution in [-0.4, -0.2) is 49.6 Å². The Morgan fingerprint density at radius 2 is 2.39 bits per heavy atom. The number of likely N-dealkylation sites (N-methyl/N-ethyl adjacent to an activating group) is 1. The molecule has 0 aliphatic heterocycles. The largest absolute Gasteiger partial charge is 0.385 e. The van der Waals surface area contributed by atoms with Crippen molar-refractivity contribution in [1.82, 2.24) is 15.2 Å². The number of carbonyl (C=O) groups excluding carboxylic acids is 1. The van der Waals surface area contributed by atoms with Gasteiger partial charge in [-0.05, 0) is 25.1 Å². The molecule has 0 saturated heterocycles. The molecule has 0 radical (unpaired) electrons. The highest BCUT2D eigenvalue weighted by Gasteiger charge is 2.06. The van der Waals surface area contributed by atoms with Gasteiger partial charge in [-0.25, -0.2) is 0 Å². The van der Waals surface area contributed by atoms with Gasteiger partial charge in [-0.2, -0.15) is 0 Å². The average molecular weight is 251 g/mol. The number of rotatable bonds is 8. The maximum absolute atomic E-state index is 11.6. The number of hydrogen-bond acceptors (Lipinski definition) is 4. The van der Waals surface area contributed by atoms with Crippen LogP contribution in [0.4, 0.5) is 0 Å². The molecule has 0 bridgehead atoms. The Kier molecular flexibility index (Phi) is 6.98. The lowest BCUT2D eigenvalue weighted by atomic mass is 10.3. The highest BCUT2D eigenvalue weighted by atomic mass is 16.5. The van der Waals surface area contributed by atoms with Crippen molar-refractivity contribution in [3.8, 4) is 0 Å². The van der Waals surface area contributed by atoms with Gasteiger partial charge in [-0.3, -0.25) is 14.7 Å². The Labute approximate surface area is 108 Å². The number of carbonyl (C=O) groups is 1. The van der Waals surface area contributed by atoms with Gasteiger partial charge in [-0.1, -0.05) is 6.07 Å². The van der Waals surface area contributed by atoms with Crippen LogP contribution in [-0.2, 0) is 16.1 Å². The van der Waals surface area contributed by atoms with Gasteiger partial charge in [0.1, 0.15) is 0 Å². The molecule has 100 valence electrons. The van der Waals surface area contributed by atoms with E-state index < -0.39 is 0 Å². The van der Waals surface area contributed by atoms with Gasteiger partial charge in [0.15, 0.2) is 0 Å². The molecule has 0 fully saturated rings. The number of amides is 1. The Balaban J connectivity index is 2.19. The summed E-state index contributed by atoms with van der Waals surface area (Å²) < 4.78 is 4.92. The molecule has 0 spiro atoms. The van der Waals surface area contributed by atoms with Crippen LogP contribution in [0.25, 0.3) is 0 Å². The van der Waals surface area contributed by atoms with E-state index in [1.807, 2.05) is 30.3 Å². The van der Waals surface area contributed by atoms with Crippen molar-refractivity contribution in [2.45, 2.75) is 13.0 Å². The number of pyridine rings is 1. The molecule has 0 unspecified atom stereocenters. The predicted octanol–water partition coefficient (Wildman–Crippen LogP) is 0.666. The lowest BCUT2D eigenvalue weighted by Crippen LogP contribution is -2.35. The second-order valence-electron chi connectivity index (χ2n) is 4.23. The van der Waals surface area contributed by atoms with Crippen LogP contribution in [0.5, 0.6) is 0 Å². The number of hydrogen-bond donors (Lipinski definition) is 1. The van der Waals surface area contributed by atoms with E-state index in [-0.39, 0.29) is 5.91 Å². The van der Waals surface area contributed by atoms with Crippen LogP contribution >= 0.6 is 0 Å². The number of aromatic nitrogens is 1. The van der Waals surface area contributed by atoms with Crippen LogP contribution in [0.1, 0.15) is 12.0 Å². The first-order valence-corrected chi connectivity index (χ1v) is 6.05. The first-order valence-electron chi connectivity index (χ1n) is 6.05. The molecule has 5 heteroatoms. The summed E-state index contributed by atoms with van der Waals surface area (Å²) in [4.78, 5) is 17.6. The number of nitrogens with zero attached hydrogens (tertiary/aromatic N) is 2. The second-order valence-corrected chi connectivity index (χ2v) is 4.23. The smallest absolute Gasteiger partial charge is 0.234 e. The van der Waals surface area contributed by atoms with Gasteiger partial charge in [0, 0.05) is 39.2 Å². The molecule has 5 nitrogen and oxygen atoms in total. The summed E-state index contributed by atoms with van der Waals surface area (Å²) in [5.41, 5.74) is 1.10. The summed E-state index contributed by atoms with van der Waals surface area (Å²) in [6.07, 6.45) is 4.40. The molecular weight excluding hydrogens is 230 g/mol. The van der Waals surface area contributed by atoms with Crippen molar-refractivity contribution in [2.75, 3.05) is 33.9 Å². The summed E-state index contributed by atoms with van der Waals surface area (Å²) in [5, 5.41) is 2.86. The fraction of sp³-hybridized carbons (Fsp3) is 0.538. The van der Waals surface area contributed by atoms with Crippen LogP contribution in [0, 0.1) is 0 Å². The number of ether oxygens (including phenoxy) is 1. The fourth-order valence-corrected chi connectivity index (χ4v) is 1.60. The third-order valence-corrected chi connectivity index (χ3v) is 2.44. The van der Waals surface area contributed by atoms with E-state index >= 15 is 0 Å². The highest BCUT2D eigenvalue weighted by Crippen LogP contribution is 1.99. The van der Waals surface area contributed by atoms with E-state index in [9.17, 15) is 4.79 Å². The lowest BCUT2D eigenvalue weighted by molar-refractivity contribution is -0.122. The third kappa shape index (κ3) is 6.32. The van der Waals surface area contributed by atoms with Gasteiger partial charge >= 0.3 is 0 Å². The molecule has 0 aromatic carbocycles. The molecule has 18 heavy (non-hydrogen) atoms. The molecule has 0 aliphatic rings. The monoisotopic (exact) mass is 251 g/mol. The molecular formula is C13H21N3O2. The zero-order chi connectivity index (χ0) is 13.2. The fourth-order valence-electron chi connectivity index (χ4n) is 1.60. The summed E-state index contributed by atoms with van der Waals surface area (Å²) >= 11 is 0. The molecule has 1 heterocycles. The quantitative estimate of drug-likeness (QED) is 0.690. The van der Waals surface area contributed by atoms with Gasteiger partial charge in [0.2, 0.25) is 5.91 Å². The van der Waals surface area contributed by atoms with Crippen LogP contribution in [0.2, 0.25) is 0 Å². The molecule has 0 aliphatic carbocycles. The summed E-state index contributed by atoms with van der Waals surface area (Å²) in [6, 6.07) is 3.90. The van der Waals surface area contributed by atoms with Crippen molar-refractivity contribution in [1.29, 1.82) is 0 Å². The Hall–Kier alpha value is -1.46. The molecule has 1 aromatic heterocycles. The first kappa shape index (κ1) is 14.6. The van der Waals surface area contributed by atoms with E-state index in [2.05, 4.69) is 10.3 Å². The van der Waals surface area contributed by atoms with Crippen molar-refractivity contribution < 1.29 is 9.53 Å². The van der Waals surface area contributed by atoms with Gasteiger partial charge in [-0.15, -0.1) is 0 Å². The van der Waals surface area contributed by atoms with Crippen molar-refractivity contribution >= 4 is 5.91 Å².